The maximum atomic E-state index is 11.5. The average molecular weight is 212 g/mol. The maximum Gasteiger partial charge on any atom is 0.287 e. The Morgan fingerprint density at radius 2 is 2.40 bits per heavy atom. The van der Waals surface area contributed by atoms with E-state index in [1.54, 1.807) is 12.1 Å². The highest BCUT2D eigenvalue weighted by Crippen LogP contribution is 2.07. The zero-order valence-corrected chi connectivity index (χ0v) is 8.69. The van der Waals surface area contributed by atoms with Crippen LogP contribution in [0.25, 0.3) is 0 Å². The van der Waals surface area contributed by atoms with E-state index >= 15 is 0 Å². The van der Waals surface area contributed by atoms with Crippen LogP contribution in [0, 0.1) is 0 Å². The molecule has 1 aromatic heterocycles. The van der Waals surface area contributed by atoms with Gasteiger partial charge < -0.3 is 20.6 Å². The highest BCUT2D eigenvalue weighted by molar-refractivity contribution is 5.91. The van der Waals surface area contributed by atoms with Crippen LogP contribution in [0.3, 0.4) is 0 Å². The highest BCUT2D eigenvalue weighted by atomic mass is 16.4. The molecule has 0 aliphatic carbocycles. The molecule has 4 N–H and O–H groups in total. The summed E-state index contributed by atoms with van der Waals surface area (Å²) in [4.78, 5) is 11.5. The summed E-state index contributed by atoms with van der Waals surface area (Å²) in [5, 5.41) is 11.6. The second-order valence-corrected chi connectivity index (χ2v) is 3.23. The number of nitrogens with two attached hydrogens (primary N) is 1. The quantitative estimate of drug-likeness (QED) is 0.652. The fourth-order valence-corrected chi connectivity index (χ4v) is 1.14. The Labute approximate surface area is 88.3 Å². The van der Waals surface area contributed by atoms with Gasteiger partial charge in [-0.2, -0.15) is 0 Å². The Hall–Kier alpha value is -1.33. The molecule has 1 amide bonds. The minimum absolute atomic E-state index is 0.0767. The van der Waals surface area contributed by atoms with Gasteiger partial charge in [-0.25, -0.2) is 0 Å². The van der Waals surface area contributed by atoms with Crippen LogP contribution in [0.15, 0.2) is 16.5 Å². The molecule has 0 radical (unpaired) electrons. The molecule has 5 nitrogen and oxygen atoms in total. The third-order valence-corrected chi connectivity index (χ3v) is 2.14. The van der Waals surface area contributed by atoms with Gasteiger partial charge in [0.15, 0.2) is 5.76 Å². The molecule has 1 atom stereocenters. The molecule has 0 spiro atoms. The van der Waals surface area contributed by atoms with Gasteiger partial charge in [0.25, 0.3) is 5.91 Å². The van der Waals surface area contributed by atoms with E-state index in [0.29, 0.717) is 12.2 Å². The fraction of sp³-hybridized carbons (Fsp3) is 0.500. The van der Waals surface area contributed by atoms with Crippen molar-refractivity contribution in [2.24, 2.45) is 5.73 Å². The third kappa shape index (κ3) is 3.07. The topological polar surface area (TPSA) is 88.5 Å². The van der Waals surface area contributed by atoms with Gasteiger partial charge >= 0.3 is 0 Å². The Morgan fingerprint density at radius 1 is 1.67 bits per heavy atom. The average Bonchev–Trinajstić information content (AvgIpc) is 2.74. The molecule has 0 aromatic carbocycles. The first-order chi connectivity index (χ1) is 7.21. The van der Waals surface area contributed by atoms with E-state index in [4.69, 9.17) is 15.3 Å². The van der Waals surface area contributed by atoms with Gasteiger partial charge in [0.05, 0.1) is 19.2 Å². The minimum atomic E-state index is -0.324. The monoisotopic (exact) mass is 212 g/mol. The zero-order chi connectivity index (χ0) is 11.3. The van der Waals surface area contributed by atoms with Gasteiger partial charge in [-0.05, 0) is 18.6 Å². The lowest BCUT2D eigenvalue weighted by atomic mass is 10.2. The van der Waals surface area contributed by atoms with Crippen molar-refractivity contribution in [2.45, 2.75) is 25.9 Å². The highest BCUT2D eigenvalue weighted by Gasteiger charge is 2.14. The lowest BCUT2D eigenvalue weighted by molar-refractivity contribution is 0.0885. The molecule has 0 unspecified atom stereocenters. The summed E-state index contributed by atoms with van der Waals surface area (Å²) in [6, 6.07) is 3.00. The molecule has 5 heteroatoms. The van der Waals surface area contributed by atoms with Crippen molar-refractivity contribution in [1.29, 1.82) is 0 Å². The largest absolute Gasteiger partial charge is 0.455 e. The van der Waals surface area contributed by atoms with Crippen LogP contribution in [-0.2, 0) is 6.54 Å². The van der Waals surface area contributed by atoms with Crippen molar-refractivity contribution in [3.05, 3.63) is 23.7 Å². The van der Waals surface area contributed by atoms with Gasteiger partial charge in [-0.3, -0.25) is 4.79 Å². The normalized spacial score (nSPS) is 12.5. The number of nitrogens with one attached hydrogen (secondary N) is 1. The van der Waals surface area contributed by atoms with Crippen molar-refractivity contribution in [3.63, 3.8) is 0 Å². The summed E-state index contributed by atoms with van der Waals surface area (Å²) >= 11 is 0. The number of furan rings is 1. The fourth-order valence-electron chi connectivity index (χ4n) is 1.14. The van der Waals surface area contributed by atoms with Crippen molar-refractivity contribution < 1.29 is 14.3 Å². The summed E-state index contributed by atoms with van der Waals surface area (Å²) in [7, 11) is 0. The minimum Gasteiger partial charge on any atom is -0.455 e. The van der Waals surface area contributed by atoms with Crippen molar-refractivity contribution in [1.82, 2.24) is 5.32 Å². The van der Waals surface area contributed by atoms with E-state index in [9.17, 15) is 4.79 Å². The van der Waals surface area contributed by atoms with Crippen LogP contribution in [0.1, 0.15) is 29.7 Å². The van der Waals surface area contributed by atoms with Crippen LogP contribution in [-0.4, -0.2) is 23.7 Å². The van der Waals surface area contributed by atoms with E-state index in [-0.39, 0.29) is 30.9 Å². The molecule has 84 valence electrons. The van der Waals surface area contributed by atoms with Crippen LogP contribution >= 0.6 is 0 Å². The lowest BCUT2D eigenvalue weighted by Crippen LogP contribution is -2.36. The smallest absolute Gasteiger partial charge is 0.287 e. The maximum absolute atomic E-state index is 11.5. The summed E-state index contributed by atoms with van der Waals surface area (Å²) in [6.45, 7) is 2.08. The van der Waals surface area contributed by atoms with Crippen molar-refractivity contribution in [3.8, 4) is 0 Å². The summed E-state index contributed by atoms with van der Waals surface area (Å²) in [5.41, 5.74) is 5.35. The number of carbonyl (C=O) groups excluding carboxylic acids is 1. The molecule has 0 aliphatic heterocycles. The molecule has 0 bridgehead atoms. The molecule has 15 heavy (non-hydrogen) atoms. The van der Waals surface area contributed by atoms with Gasteiger partial charge in [-0.1, -0.05) is 6.92 Å². The first-order valence-electron chi connectivity index (χ1n) is 4.91. The summed E-state index contributed by atoms with van der Waals surface area (Å²) in [5.74, 6) is 0.468. The van der Waals surface area contributed by atoms with Gasteiger partial charge in [0.2, 0.25) is 0 Å². The second-order valence-electron chi connectivity index (χ2n) is 3.23. The Balaban J connectivity index is 2.60. The van der Waals surface area contributed by atoms with Crippen molar-refractivity contribution in [2.75, 3.05) is 6.61 Å². The number of amides is 1. The van der Waals surface area contributed by atoms with Crippen LogP contribution in [0.5, 0.6) is 0 Å². The van der Waals surface area contributed by atoms with E-state index in [2.05, 4.69) is 5.32 Å². The molecular formula is C10H16N2O3. The predicted octanol–water partition coefficient (Wildman–Crippen LogP) is 0.239. The molecule has 0 fully saturated rings. The standard InChI is InChI=1S/C10H16N2O3/c1-2-7(6-13)12-10(14)9-4-3-8(5-11)15-9/h3-4,7,13H,2,5-6,11H2,1H3,(H,12,14)/t7-/m0/s1. The number of aliphatic hydroxyl groups is 1. The van der Waals surface area contributed by atoms with E-state index in [0.717, 1.165) is 0 Å². The summed E-state index contributed by atoms with van der Waals surface area (Å²) in [6.07, 6.45) is 0.673. The van der Waals surface area contributed by atoms with E-state index < -0.39 is 0 Å². The lowest BCUT2D eigenvalue weighted by Gasteiger charge is -2.12. The van der Waals surface area contributed by atoms with Gasteiger partial charge in [0.1, 0.15) is 5.76 Å². The number of rotatable bonds is 5. The number of carbonyl (C=O) groups is 1. The number of hydrogen-bond acceptors (Lipinski definition) is 4. The molecular weight excluding hydrogens is 196 g/mol. The predicted molar refractivity (Wildman–Crippen MR) is 55.2 cm³/mol. The van der Waals surface area contributed by atoms with Crippen molar-refractivity contribution >= 4 is 5.91 Å². The van der Waals surface area contributed by atoms with E-state index in [1.165, 1.54) is 0 Å². The van der Waals surface area contributed by atoms with Crippen LogP contribution in [0.2, 0.25) is 0 Å². The first-order valence-corrected chi connectivity index (χ1v) is 4.91. The molecule has 1 heterocycles. The second kappa shape index (κ2) is 5.53. The Bertz CT molecular complexity index is 318. The number of hydrogen-bond donors (Lipinski definition) is 3. The first kappa shape index (κ1) is 11.7. The number of aliphatic hydroxyl groups excluding tert-OH is 1. The molecule has 0 aliphatic rings. The molecule has 1 rings (SSSR count). The molecule has 1 aromatic rings. The zero-order valence-electron chi connectivity index (χ0n) is 8.69. The molecule has 0 saturated carbocycles. The summed E-state index contributed by atoms with van der Waals surface area (Å²) < 4.78 is 5.17. The molecule has 0 saturated heterocycles. The van der Waals surface area contributed by atoms with Crippen LogP contribution < -0.4 is 11.1 Å². The Kier molecular flexibility index (Phi) is 4.33. The van der Waals surface area contributed by atoms with E-state index in [1.807, 2.05) is 6.92 Å². The van der Waals surface area contributed by atoms with Crippen LogP contribution in [0.4, 0.5) is 0 Å². The van der Waals surface area contributed by atoms with Gasteiger partial charge in [-0.15, -0.1) is 0 Å². The third-order valence-electron chi connectivity index (χ3n) is 2.14. The Morgan fingerprint density at radius 3 is 2.87 bits per heavy atom. The SMILES string of the molecule is CC[C@@H](CO)NC(=O)c1ccc(CN)o1. The van der Waals surface area contributed by atoms with Gasteiger partial charge in [0, 0.05) is 0 Å².